The molecule has 0 atom stereocenters. The molecule has 2 rings (SSSR count). The molecule has 0 unspecified atom stereocenters. The van der Waals surface area contributed by atoms with Crippen molar-refractivity contribution in [1.82, 2.24) is 9.97 Å². The molecule has 0 aromatic carbocycles. The van der Waals surface area contributed by atoms with E-state index in [1.165, 1.54) is 6.33 Å². The molecular formula is C9H12N4O. The van der Waals surface area contributed by atoms with Crippen molar-refractivity contribution in [2.24, 2.45) is 0 Å². The third-order valence-corrected chi connectivity index (χ3v) is 2.39. The predicted octanol–water partition coefficient (Wildman–Crippen LogP) is 0.748. The second-order valence-electron chi connectivity index (χ2n) is 3.65. The van der Waals surface area contributed by atoms with Crippen molar-refractivity contribution in [3.63, 3.8) is 0 Å². The van der Waals surface area contributed by atoms with Crippen molar-refractivity contribution in [3.8, 4) is 0 Å². The Morgan fingerprint density at radius 3 is 3.07 bits per heavy atom. The van der Waals surface area contributed by atoms with Gasteiger partial charge in [-0.05, 0) is 13.8 Å². The Morgan fingerprint density at radius 2 is 2.36 bits per heavy atom. The zero-order valence-corrected chi connectivity index (χ0v) is 7.88. The quantitative estimate of drug-likeness (QED) is 0.694. The average Bonchev–Trinajstić information content (AvgIpc) is 2.36. The van der Waals surface area contributed by atoms with Gasteiger partial charge in [0.1, 0.15) is 18.0 Å². The maximum absolute atomic E-state index is 11.7. The van der Waals surface area contributed by atoms with Crippen LogP contribution < -0.4 is 10.6 Å². The fraction of sp³-hybridized carbons (Fsp3) is 0.444. The molecule has 1 aromatic heterocycles. The summed E-state index contributed by atoms with van der Waals surface area (Å²) < 4.78 is 21.5. The van der Waals surface area contributed by atoms with E-state index in [-0.39, 0.29) is 11.7 Å². The minimum atomic E-state index is -2.36. The minimum Gasteiger partial charge on any atom is -0.373 e. The highest BCUT2D eigenvalue weighted by Gasteiger charge is 2.41. The van der Waals surface area contributed by atoms with Crippen LogP contribution >= 0.6 is 0 Å². The molecular weight excluding hydrogens is 180 g/mol. The van der Waals surface area contributed by atoms with E-state index in [4.69, 9.17) is 4.11 Å². The molecule has 74 valence electrons. The topological polar surface area (TPSA) is 66.9 Å². The Labute approximate surface area is 86.2 Å². The number of amides is 1. The first-order chi connectivity index (χ1) is 7.72. The Balaban J connectivity index is 2.52. The van der Waals surface area contributed by atoms with Crippen LogP contribution in [0.2, 0.25) is 0 Å². The van der Waals surface area contributed by atoms with Gasteiger partial charge in [-0.25, -0.2) is 9.97 Å². The van der Waals surface area contributed by atoms with Gasteiger partial charge in [0.25, 0.3) is 0 Å². The third kappa shape index (κ3) is 0.982. The molecule has 0 spiro atoms. The summed E-state index contributed by atoms with van der Waals surface area (Å²) in [4.78, 5) is 19.5. The number of anilines is 2. The van der Waals surface area contributed by atoms with Crippen LogP contribution in [0.5, 0.6) is 0 Å². The Kier molecular flexibility index (Phi) is 1.13. The lowest BCUT2D eigenvalue weighted by molar-refractivity contribution is -0.119. The summed E-state index contributed by atoms with van der Waals surface area (Å²) in [5.74, 6) is 0.307. The summed E-state index contributed by atoms with van der Waals surface area (Å²) in [5, 5.41) is 4.91. The van der Waals surface area contributed by atoms with Gasteiger partial charge in [0.2, 0.25) is 5.91 Å². The molecule has 1 amide bonds. The number of hydrogen-bond acceptors (Lipinski definition) is 4. The molecule has 2 N–H and O–H groups in total. The summed E-state index contributed by atoms with van der Waals surface area (Å²) in [7, 11) is 0. The first-order valence-electron chi connectivity index (χ1n) is 5.67. The van der Waals surface area contributed by atoms with E-state index in [0.717, 1.165) is 0 Å². The van der Waals surface area contributed by atoms with Gasteiger partial charge < -0.3 is 10.6 Å². The lowest BCUT2D eigenvalue weighted by atomic mass is 9.87. The molecule has 5 nitrogen and oxygen atoms in total. The number of rotatable bonds is 1. The normalized spacial score (nSPS) is 21.6. The van der Waals surface area contributed by atoms with Crippen LogP contribution in [0.25, 0.3) is 0 Å². The van der Waals surface area contributed by atoms with Gasteiger partial charge in [-0.3, -0.25) is 4.79 Å². The average molecular weight is 195 g/mol. The second kappa shape index (κ2) is 2.67. The van der Waals surface area contributed by atoms with Gasteiger partial charge in [-0.1, -0.05) is 0 Å². The van der Waals surface area contributed by atoms with Crippen LogP contribution in [0.15, 0.2) is 6.33 Å². The molecule has 0 radical (unpaired) electrons. The number of carbonyl (C=O) groups excluding carboxylic acids is 1. The highest BCUT2D eigenvalue weighted by Crippen LogP contribution is 2.39. The smallest absolute Gasteiger partial charge is 0.235 e. The largest absolute Gasteiger partial charge is 0.373 e. The lowest BCUT2D eigenvalue weighted by Crippen LogP contribution is -2.27. The summed E-state index contributed by atoms with van der Waals surface area (Å²) >= 11 is 0. The molecule has 14 heavy (non-hydrogen) atoms. The van der Waals surface area contributed by atoms with Crippen LogP contribution in [-0.2, 0) is 10.2 Å². The SMILES string of the molecule is [2H]C([2H])([2H])Nc1ncnc2c1C(C)(C)C(=O)N2. The number of hydrogen-bond donors (Lipinski definition) is 2. The van der Waals surface area contributed by atoms with Gasteiger partial charge in [-0.15, -0.1) is 0 Å². The van der Waals surface area contributed by atoms with Gasteiger partial charge >= 0.3 is 0 Å². The Bertz CT molecular complexity index is 484. The van der Waals surface area contributed by atoms with Crippen LogP contribution in [-0.4, -0.2) is 22.9 Å². The van der Waals surface area contributed by atoms with E-state index < -0.39 is 12.4 Å². The number of nitrogens with zero attached hydrogens (tertiary/aromatic N) is 2. The van der Waals surface area contributed by atoms with Crippen molar-refractivity contribution in [1.29, 1.82) is 0 Å². The standard InChI is InChI=1S/C9H12N4O/c1-9(2)5-6(10-3)11-4-12-7(5)13-8(9)14/h4H,1-3H3,(H2,10,11,12,13,14)/i3D3. The molecule has 2 heterocycles. The molecule has 0 aliphatic carbocycles. The number of carbonyl (C=O) groups is 1. The fourth-order valence-electron chi connectivity index (χ4n) is 1.54. The Morgan fingerprint density at radius 1 is 1.57 bits per heavy atom. The van der Waals surface area contributed by atoms with Crippen LogP contribution in [0.4, 0.5) is 11.6 Å². The zero-order chi connectivity index (χ0) is 12.8. The number of fused-ring (bicyclic) bond motifs is 1. The van der Waals surface area contributed by atoms with Gasteiger partial charge in [0.15, 0.2) is 0 Å². The summed E-state index contributed by atoms with van der Waals surface area (Å²) in [5.41, 5.74) is -0.356. The van der Waals surface area contributed by atoms with E-state index in [2.05, 4.69) is 20.6 Å². The first-order valence-corrected chi connectivity index (χ1v) is 4.17. The van der Waals surface area contributed by atoms with Crippen molar-refractivity contribution in [3.05, 3.63) is 11.9 Å². The molecule has 1 aromatic rings. The lowest BCUT2D eigenvalue weighted by Gasteiger charge is -2.16. The predicted molar refractivity (Wildman–Crippen MR) is 53.2 cm³/mol. The molecule has 1 aliphatic rings. The molecule has 0 fully saturated rings. The maximum Gasteiger partial charge on any atom is 0.235 e. The van der Waals surface area contributed by atoms with Crippen molar-refractivity contribution < 1.29 is 8.91 Å². The number of nitrogens with one attached hydrogen (secondary N) is 2. The Hall–Kier alpha value is -1.65. The van der Waals surface area contributed by atoms with Crippen molar-refractivity contribution >= 4 is 17.5 Å². The van der Waals surface area contributed by atoms with Gasteiger partial charge in [0.05, 0.1) is 11.0 Å². The van der Waals surface area contributed by atoms with E-state index >= 15 is 0 Å². The third-order valence-electron chi connectivity index (χ3n) is 2.39. The fourth-order valence-corrected chi connectivity index (χ4v) is 1.54. The highest BCUT2D eigenvalue weighted by atomic mass is 16.2. The molecule has 0 saturated heterocycles. The molecule has 5 heteroatoms. The zero-order valence-electron chi connectivity index (χ0n) is 10.9. The summed E-state index contributed by atoms with van der Waals surface area (Å²) in [6, 6.07) is 0. The van der Waals surface area contributed by atoms with E-state index in [0.29, 0.717) is 11.4 Å². The number of aromatic nitrogens is 2. The molecule has 1 aliphatic heterocycles. The second-order valence-corrected chi connectivity index (χ2v) is 3.65. The van der Waals surface area contributed by atoms with Crippen molar-refractivity contribution in [2.45, 2.75) is 19.3 Å². The summed E-state index contributed by atoms with van der Waals surface area (Å²) in [6.45, 7) is 1.04. The monoisotopic (exact) mass is 195 g/mol. The van der Waals surface area contributed by atoms with Crippen LogP contribution in [0, 0.1) is 0 Å². The molecule has 0 bridgehead atoms. The van der Waals surface area contributed by atoms with Crippen LogP contribution in [0.1, 0.15) is 23.5 Å². The van der Waals surface area contributed by atoms with Crippen LogP contribution in [0.3, 0.4) is 0 Å². The van der Waals surface area contributed by atoms with Gasteiger partial charge in [0, 0.05) is 11.1 Å². The highest BCUT2D eigenvalue weighted by molar-refractivity contribution is 6.06. The van der Waals surface area contributed by atoms with Gasteiger partial charge in [-0.2, -0.15) is 0 Å². The van der Waals surface area contributed by atoms with E-state index in [9.17, 15) is 4.79 Å². The van der Waals surface area contributed by atoms with E-state index in [1.54, 1.807) is 13.8 Å². The summed E-state index contributed by atoms with van der Waals surface area (Å²) in [6.07, 6.45) is 1.22. The first kappa shape index (κ1) is 5.95. The maximum atomic E-state index is 11.7. The molecule has 0 saturated carbocycles. The van der Waals surface area contributed by atoms with Crippen molar-refractivity contribution in [2.75, 3.05) is 17.6 Å². The minimum absolute atomic E-state index is 0.165. The van der Waals surface area contributed by atoms with E-state index in [1.807, 2.05) is 0 Å².